The molecule has 0 aliphatic heterocycles. The van der Waals surface area contributed by atoms with E-state index in [2.05, 4.69) is 95.5 Å². The second-order valence-electron chi connectivity index (χ2n) is 5.42. The molecule has 3 aromatic rings. The summed E-state index contributed by atoms with van der Waals surface area (Å²) in [5.74, 6) is 0. The van der Waals surface area contributed by atoms with E-state index in [1.165, 1.54) is 0 Å². The normalized spacial score (nSPS) is 11.4. The molecule has 0 aliphatic rings. The fraction of sp³-hybridized carbons (Fsp3) is 0.105. The summed E-state index contributed by atoms with van der Waals surface area (Å²) in [4.78, 5) is 4.64. The van der Waals surface area contributed by atoms with Gasteiger partial charge in [-0.25, -0.2) is 0 Å². The first-order valence-corrected chi connectivity index (χ1v) is 9.79. The Morgan fingerprint density at radius 1 is 0.875 bits per heavy atom. The summed E-state index contributed by atoms with van der Waals surface area (Å²) < 4.78 is 5.36. The number of aliphatic imine (C=N–C) groups is 1. The van der Waals surface area contributed by atoms with Gasteiger partial charge in [0.15, 0.2) is 0 Å². The fourth-order valence-electron chi connectivity index (χ4n) is 2.64. The van der Waals surface area contributed by atoms with E-state index in [1.807, 2.05) is 30.5 Å². The van der Waals surface area contributed by atoms with Gasteiger partial charge in [0.2, 0.25) is 0 Å². The van der Waals surface area contributed by atoms with Gasteiger partial charge in [-0.3, -0.25) is 4.99 Å². The monoisotopic (exact) mass is 508 g/mol. The lowest BCUT2D eigenvalue weighted by atomic mass is 10.2. The number of aromatic nitrogens is 1. The molecule has 2 nitrogen and oxygen atoms in total. The highest BCUT2D eigenvalue weighted by Crippen LogP contribution is 2.31. The summed E-state index contributed by atoms with van der Waals surface area (Å²) in [5, 5.41) is 0. The zero-order chi connectivity index (χ0) is 17.3. The molecule has 0 unspecified atom stereocenters. The van der Waals surface area contributed by atoms with E-state index in [9.17, 15) is 0 Å². The molecule has 3 rings (SSSR count). The van der Waals surface area contributed by atoms with Gasteiger partial charge < -0.3 is 4.57 Å². The third kappa shape index (κ3) is 3.44. The van der Waals surface area contributed by atoms with Crippen molar-refractivity contribution in [3.8, 4) is 5.69 Å². The lowest BCUT2D eigenvalue weighted by molar-refractivity contribution is 0.962. The Morgan fingerprint density at radius 3 is 2.21 bits per heavy atom. The number of halogens is 3. The summed E-state index contributed by atoms with van der Waals surface area (Å²) in [6.45, 7) is 4.22. The summed E-state index contributed by atoms with van der Waals surface area (Å²) in [6.07, 6.45) is 1.92. The summed E-state index contributed by atoms with van der Waals surface area (Å²) >= 11 is 10.7. The third-order valence-electron chi connectivity index (χ3n) is 3.88. The maximum absolute atomic E-state index is 4.64. The largest absolute Gasteiger partial charge is 0.317 e. The number of rotatable bonds is 3. The smallest absolute Gasteiger partial charge is 0.0771 e. The summed E-state index contributed by atoms with van der Waals surface area (Å²) in [5.41, 5.74) is 5.44. The molecule has 2 aromatic carbocycles. The molecule has 1 heterocycles. The van der Waals surface area contributed by atoms with E-state index in [0.717, 1.165) is 41.7 Å². The zero-order valence-electron chi connectivity index (χ0n) is 13.2. The van der Waals surface area contributed by atoms with Gasteiger partial charge in [0.1, 0.15) is 0 Å². The molecule has 0 fully saturated rings. The van der Waals surface area contributed by atoms with Crippen LogP contribution in [0.4, 0.5) is 5.69 Å². The molecule has 5 heteroatoms. The molecule has 0 saturated heterocycles. The van der Waals surface area contributed by atoms with Crippen LogP contribution >= 0.6 is 47.8 Å². The van der Waals surface area contributed by atoms with Crippen LogP contribution in [0.3, 0.4) is 0 Å². The molecule has 1 aromatic heterocycles. The van der Waals surface area contributed by atoms with Crippen molar-refractivity contribution in [2.24, 2.45) is 4.99 Å². The first-order valence-electron chi connectivity index (χ1n) is 7.41. The third-order valence-corrected chi connectivity index (χ3v) is 6.08. The number of hydrogen-bond donors (Lipinski definition) is 0. The standard InChI is InChI=1S/C19H15Br3N2/c1-12-16(11-23-18-6-4-3-5-17(18)21)19(22)13(2)24(12)15-9-7-14(20)8-10-15/h3-11H,1-2H3. The minimum atomic E-state index is 0.915. The summed E-state index contributed by atoms with van der Waals surface area (Å²) in [7, 11) is 0. The van der Waals surface area contributed by atoms with E-state index in [1.54, 1.807) is 0 Å². The molecule has 0 atom stereocenters. The molecule has 0 radical (unpaired) electrons. The Morgan fingerprint density at radius 2 is 1.54 bits per heavy atom. The van der Waals surface area contributed by atoms with Gasteiger partial charge in [0.05, 0.1) is 5.69 Å². The molecule has 0 amide bonds. The number of hydrogen-bond acceptors (Lipinski definition) is 1. The van der Waals surface area contributed by atoms with Crippen molar-refractivity contribution in [1.29, 1.82) is 0 Å². The molecule has 0 saturated carbocycles. The van der Waals surface area contributed by atoms with Crippen molar-refractivity contribution in [3.63, 3.8) is 0 Å². The van der Waals surface area contributed by atoms with Crippen molar-refractivity contribution in [2.75, 3.05) is 0 Å². The molecule has 0 aliphatic carbocycles. The SMILES string of the molecule is Cc1c(Br)c(C=Nc2ccccc2Br)c(C)n1-c1ccc(Br)cc1. The molecule has 122 valence electrons. The molecule has 24 heavy (non-hydrogen) atoms. The quantitative estimate of drug-likeness (QED) is 0.333. The summed E-state index contributed by atoms with van der Waals surface area (Å²) in [6, 6.07) is 16.3. The first kappa shape index (κ1) is 17.6. The van der Waals surface area contributed by atoms with Crippen LogP contribution in [0.5, 0.6) is 0 Å². The van der Waals surface area contributed by atoms with Gasteiger partial charge in [-0.05, 0) is 82.1 Å². The Kier molecular flexibility index (Phi) is 5.42. The van der Waals surface area contributed by atoms with Gasteiger partial charge in [-0.1, -0.05) is 28.1 Å². The van der Waals surface area contributed by atoms with Gasteiger partial charge in [0.25, 0.3) is 0 Å². The van der Waals surface area contributed by atoms with E-state index in [-0.39, 0.29) is 0 Å². The predicted molar refractivity (Wildman–Crippen MR) is 112 cm³/mol. The Balaban J connectivity index is 2.06. The van der Waals surface area contributed by atoms with Crippen LogP contribution in [0.15, 0.2) is 66.9 Å². The van der Waals surface area contributed by atoms with E-state index >= 15 is 0 Å². The fourth-order valence-corrected chi connectivity index (χ4v) is 3.86. The highest BCUT2D eigenvalue weighted by Gasteiger charge is 2.15. The molecular formula is C19H15Br3N2. The van der Waals surface area contributed by atoms with Gasteiger partial charge >= 0.3 is 0 Å². The lowest BCUT2D eigenvalue weighted by Crippen LogP contribution is -1.99. The minimum Gasteiger partial charge on any atom is -0.317 e. The van der Waals surface area contributed by atoms with Crippen molar-refractivity contribution < 1.29 is 0 Å². The first-order chi connectivity index (χ1) is 11.5. The van der Waals surface area contributed by atoms with Crippen molar-refractivity contribution in [2.45, 2.75) is 13.8 Å². The van der Waals surface area contributed by atoms with Crippen molar-refractivity contribution in [1.82, 2.24) is 4.57 Å². The Bertz CT molecular complexity index is 909. The van der Waals surface area contributed by atoms with Crippen LogP contribution in [-0.2, 0) is 0 Å². The second-order valence-corrected chi connectivity index (χ2v) is 7.98. The van der Waals surface area contributed by atoms with Crippen LogP contribution in [-0.4, -0.2) is 10.8 Å². The highest BCUT2D eigenvalue weighted by molar-refractivity contribution is 9.11. The number of nitrogens with zero attached hydrogens (tertiary/aromatic N) is 2. The van der Waals surface area contributed by atoms with Gasteiger partial charge in [-0.15, -0.1) is 0 Å². The van der Waals surface area contributed by atoms with E-state index in [4.69, 9.17) is 0 Å². The van der Waals surface area contributed by atoms with Crippen molar-refractivity contribution in [3.05, 3.63) is 78.9 Å². The average Bonchev–Trinajstić information content (AvgIpc) is 2.78. The number of para-hydroxylation sites is 1. The zero-order valence-corrected chi connectivity index (χ0v) is 18.0. The second kappa shape index (κ2) is 7.38. The van der Waals surface area contributed by atoms with Gasteiger partial charge in [0, 0.05) is 42.3 Å². The maximum atomic E-state index is 4.64. The van der Waals surface area contributed by atoms with Gasteiger partial charge in [-0.2, -0.15) is 0 Å². The lowest BCUT2D eigenvalue weighted by Gasteiger charge is -2.09. The Labute approximate surface area is 167 Å². The Hall–Kier alpha value is -1.17. The van der Waals surface area contributed by atoms with Crippen molar-refractivity contribution >= 4 is 59.7 Å². The van der Waals surface area contributed by atoms with Crippen LogP contribution < -0.4 is 0 Å². The van der Waals surface area contributed by atoms with Crippen LogP contribution in [0, 0.1) is 13.8 Å². The highest BCUT2D eigenvalue weighted by atomic mass is 79.9. The topological polar surface area (TPSA) is 17.3 Å². The van der Waals surface area contributed by atoms with E-state index < -0.39 is 0 Å². The van der Waals surface area contributed by atoms with Crippen LogP contribution in [0.25, 0.3) is 5.69 Å². The average molecular weight is 511 g/mol. The van der Waals surface area contributed by atoms with Crippen LogP contribution in [0.1, 0.15) is 17.0 Å². The van der Waals surface area contributed by atoms with Crippen LogP contribution in [0.2, 0.25) is 0 Å². The minimum absolute atomic E-state index is 0.915. The number of benzene rings is 2. The maximum Gasteiger partial charge on any atom is 0.0771 e. The molecule has 0 N–H and O–H groups in total. The predicted octanol–water partition coefficient (Wildman–Crippen LogP) is 7.13. The van der Waals surface area contributed by atoms with E-state index in [0.29, 0.717) is 0 Å². The molecule has 0 spiro atoms. The molecular weight excluding hydrogens is 496 g/mol. The molecule has 0 bridgehead atoms.